The van der Waals surface area contributed by atoms with Crippen LogP contribution in [0.4, 0.5) is 0 Å². The summed E-state index contributed by atoms with van der Waals surface area (Å²) in [5, 5.41) is 12.9. The SMILES string of the molecule is COc1ccc(C(O)CNC(=O)CCn2cnc3ccccc32)cc1. The molecule has 0 aliphatic rings. The van der Waals surface area contributed by atoms with Gasteiger partial charge in [-0.15, -0.1) is 0 Å². The van der Waals surface area contributed by atoms with Gasteiger partial charge >= 0.3 is 0 Å². The van der Waals surface area contributed by atoms with Gasteiger partial charge in [-0.25, -0.2) is 4.98 Å². The van der Waals surface area contributed by atoms with Crippen LogP contribution in [-0.4, -0.2) is 34.2 Å². The van der Waals surface area contributed by atoms with Crippen LogP contribution < -0.4 is 10.1 Å². The summed E-state index contributed by atoms with van der Waals surface area (Å²) in [4.78, 5) is 16.3. The van der Waals surface area contributed by atoms with Gasteiger partial charge in [0.25, 0.3) is 0 Å². The van der Waals surface area contributed by atoms with Crippen molar-refractivity contribution in [2.75, 3.05) is 13.7 Å². The Morgan fingerprint density at radius 1 is 1.24 bits per heavy atom. The standard InChI is InChI=1S/C19H21N3O3/c1-25-15-8-6-14(7-9-15)18(23)12-20-19(24)10-11-22-13-21-16-4-2-3-5-17(16)22/h2-9,13,18,23H,10-12H2,1H3,(H,20,24). The lowest BCUT2D eigenvalue weighted by Crippen LogP contribution is -2.29. The molecular weight excluding hydrogens is 318 g/mol. The molecule has 0 saturated heterocycles. The molecule has 1 heterocycles. The first-order valence-corrected chi connectivity index (χ1v) is 8.16. The molecule has 0 radical (unpaired) electrons. The number of amides is 1. The number of hydrogen-bond donors (Lipinski definition) is 2. The minimum absolute atomic E-state index is 0.106. The number of para-hydroxylation sites is 2. The molecule has 3 rings (SSSR count). The van der Waals surface area contributed by atoms with Gasteiger partial charge in [-0.1, -0.05) is 24.3 Å². The summed E-state index contributed by atoms with van der Waals surface area (Å²) in [5.74, 6) is 0.623. The van der Waals surface area contributed by atoms with Crippen molar-refractivity contribution < 1.29 is 14.6 Å². The van der Waals surface area contributed by atoms with Gasteiger partial charge in [-0.2, -0.15) is 0 Å². The van der Waals surface area contributed by atoms with Gasteiger partial charge in [0.2, 0.25) is 5.91 Å². The van der Waals surface area contributed by atoms with Gasteiger partial charge in [0.05, 0.1) is 30.6 Å². The molecule has 2 aromatic carbocycles. The highest BCUT2D eigenvalue weighted by Crippen LogP contribution is 2.17. The molecule has 1 atom stereocenters. The number of imidazole rings is 1. The first-order chi connectivity index (χ1) is 12.2. The first-order valence-electron chi connectivity index (χ1n) is 8.16. The molecule has 0 saturated carbocycles. The topological polar surface area (TPSA) is 76.4 Å². The largest absolute Gasteiger partial charge is 0.497 e. The third kappa shape index (κ3) is 4.16. The van der Waals surface area contributed by atoms with Crippen LogP contribution in [0.2, 0.25) is 0 Å². The Kier molecular flexibility index (Phi) is 5.30. The number of nitrogens with zero attached hydrogens (tertiary/aromatic N) is 2. The van der Waals surface area contributed by atoms with Crippen molar-refractivity contribution in [3.8, 4) is 5.75 Å². The number of methoxy groups -OCH3 is 1. The van der Waals surface area contributed by atoms with Crippen LogP contribution in [0.25, 0.3) is 11.0 Å². The number of aromatic nitrogens is 2. The molecule has 6 heteroatoms. The van der Waals surface area contributed by atoms with Crippen LogP contribution in [0.1, 0.15) is 18.1 Å². The summed E-state index contributed by atoms with van der Waals surface area (Å²) < 4.78 is 7.04. The van der Waals surface area contributed by atoms with E-state index in [1.165, 1.54) is 0 Å². The third-order valence-corrected chi connectivity index (χ3v) is 4.10. The third-order valence-electron chi connectivity index (χ3n) is 4.10. The predicted molar refractivity (Wildman–Crippen MR) is 95.3 cm³/mol. The van der Waals surface area contributed by atoms with Crippen LogP contribution in [-0.2, 0) is 11.3 Å². The number of carbonyl (C=O) groups excluding carboxylic acids is 1. The summed E-state index contributed by atoms with van der Waals surface area (Å²) in [5.41, 5.74) is 2.66. The second-order valence-electron chi connectivity index (χ2n) is 5.77. The van der Waals surface area contributed by atoms with Crippen LogP contribution in [0.15, 0.2) is 54.9 Å². The summed E-state index contributed by atoms with van der Waals surface area (Å²) in [6.07, 6.45) is 1.32. The number of carbonyl (C=O) groups is 1. The number of aliphatic hydroxyl groups is 1. The van der Waals surface area contributed by atoms with Crippen LogP contribution >= 0.6 is 0 Å². The summed E-state index contributed by atoms with van der Waals surface area (Å²) in [6, 6.07) is 14.9. The number of hydrogen-bond acceptors (Lipinski definition) is 4. The van der Waals surface area contributed by atoms with Crippen molar-refractivity contribution in [2.24, 2.45) is 0 Å². The van der Waals surface area contributed by atoms with E-state index >= 15 is 0 Å². The Labute approximate surface area is 146 Å². The fourth-order valence-electron chi connectivity index (χ4n) is 2.65. The zero-order valence-electron chi connectivity index (χ0n) is 14.1. The monoisotopic (exact) mass is 339 g/mol. The lowest BCUT2D eigenvalue weighted by molar-refractivity contribution is -0.121. The summed E-state index contributed by atoms with van der Waals surface area (Å²) in [7, 11) is 1.59. The van der Waals surface area contributed by atoms with E-state index in [1.807, 2.05) is 28.8 Å². The smallest absolute Gasteiger partial charge is 0.221 e. The van der Waals surface area contributed by atoms with E-state index in [9.17, 15) is 9.90 Å². The first kappa shape index (κ1) is 17.0. The van der Waals surface area contributed by atoms with Crippen LogP contribution in [0, 0.1) is 0 Å². The predicted octanol–water partition coefficient (Wildman–Crippen LogP) is 2.28. The molecule has 0 spiro atoms. The van der Waals surface area contributed by atoms with Gasteiger partial charge in [-0.05, 0) is 29.8 Å². The quantitative estimate of drug-likeness (QED) is 0.692. The van der Waals surface area contributed by atoms with Crippen molar-refractivity contribution in [3.63, 3.8) is 0 Å². The fourth-order valence-corrected chi connectivity index (χ4v) is 2.65. The maximum atomic E-state index is 12.0. The number of fused-ring (bicyclic) bond motifs is 1. The van der Waals surface area contributed by atoms with E-state index in [2.05, 4.69) is 10.3 Å². The Morgan fingerprint density at radius 3 is 2.76 bits per heavy atom. The van der Waals surface area contributed by atoms with E-state index in [4.69, 9.17) is 4.74 Å². The minimum Gasteiger partial charge on any atom is -0.497 e. The zero-order chi connectivity index (χ0) is 17.6. The fraction of sp³-hybridized carbons (Fsp3) is 0.263. The molecule has 0 aliphatic carbocycles. The van der Waals surface area contributed by atoms with Gasteiger partial charge in [0, 0.05) is 19.5 Å². The molecule has 0 bridgehead atoms. The Balaban J connectivity index is 1.49. The summed E-state index contributed by atoms with van der Waals surface area (Å²) in [6.45, 7) is 0.723. The number of aliphatic hydroxyl groups excluding tert-OH is 1. The molecule has 130 valence electrons. The Morgan fingerprint density at radius 2 is 2.00 bits per heavy atom. The lowest BCUT2D eigenvalue weighted by Gasteiger charge is -2.13. The van der Waals surface area contributed by atoms with Crippen LogP contribution in [0.3, 0.4) is 0 Å². The molecule has 1 aromatic heterocycles. The lowest BCUT2D eigenvalue weighted by atomic mass is 10.1. The van der Waals surface area contributed by atoms with E-state index in [0.29, 0.717) is 13.0 Å². The zero-order valence-corrected chi connectivity index (χ0v) is 14.1. The highest BCUT2D eigenvalue weighted by atomic mass is 16.5. The van der Waals surface area contributed by atoms with Crippen molar-refractivity contribution in [2.45, 2.75) is 19.1 Å². The second-order valence-corrected chi connectivity index (χ2v) is 5.77. The molecule has 25 heavy (non-hydrogen) atoms. The normalized spacial score (nSPS) is 12.1. The van der Waals surface area contributed by atoms with Crippen molar-refractivity contribution in [1.82, 2.24) is 14.9 Å². The van der Waals surface area contributed by atoms with Gasteiger partial charge in [-0.3, -0.25) is 4.79 Å². The maximum Gasteiger partial charge on any atom is 0.221 e. The van der Waals surface area contributed by atoms with E-state index in [0.717, 1.165) is 22.3 Å². The second kappa shape index (κ2) is 7.81. The molecule has 3 aromatic rings. The molecule has 2 N–H and O–H groups in total. The number of aryl methyl sites for hydroxylation is 1. The van der Waals surface area contributed by atoms with Crippen molar-refractivity contribution >= 4 is 16.9 Å². The molecule has 1 amide bonds. The number of nitrogens with one attached hydrogen (secondary N) is 1. The van der Waals surface area contributed by atoms with Gasteiger partial charge in [0.15, 0.2) is 0 Å². The number of rotatable bonds is 7. The van der Waals surface area contributed by atoms with Crippen molar-refractivity contribution in [1.29, 1.82) is 0 Å². The average molecular weight is 339 g/mol. The maximum absolute atomic E-state index is 12.0. The van der Waals surface area contributed by atoms with E-state index in [1.54, 1.807) is 37.7 Å². The number of ether oxygens (including phenoxy) is 1. The Bertz CT molecular complexity index is 843. The molecule has 0 fully saturated rings. The number of benzene rings is 2. The highest BCUT2D eigenvalue weighted by Gasteiger charge is 2.10. The molecular formula is C19H21N3O3. The summed E-state index contributed by atoms with van der Waals surface area (Å²) >= 11 is 0. The van der Waals surface area contributed by atoms with E-state index < -0.39 is 6.10 Å². The average Bonchev–Trinajstić information content (AvgIpc) is 3.07. The highest BCUT2D eigenvalue weighted by molar-refractivity contribution is 5.77. The van der Waals surface area contributed by atoms with Gasteiger partial charge < -0.3 is 19.7 Å². The molecule has 0 aliphatic heterocycles. The molecule has 1 unspecified atom stereocenters. The Hall–Kier alpha value is -2.86. The molecule has 6 nitrogen and oxygen atoms in total. The van der Waals surface area contributed by atoms with Gasteiger partial charge in [0.1, 0.15) is 5.75 Å². The van der Waals surface area contributed by atoms with Crippen LogP contribution in [0.5, 0.6) is 5.75 Å². The van der Waals surface area contributed by atoms with E-state index in [-0.39, 0.29) is 12.5 Å². The minimum atomic E-state index is -0.746. The van der Waals surface area contributed by atoms with Crippen molar-refractivity contribution in [3.05, 3.63) is 60.4 Å².